The molecule has 2 heterocycles. The summed E-state index contributed by atoms with van der Waals surface area (Å²) in [6.45, 7) is 4.28. The zero-order valence-corrected chi connectivity index (χ0v) is 11.7. The minimum absolute atomic E-state index is 0.477. The van der Waals surface area contributed by atoms with E-state index < -0.39 is 0 Å². The average molecular weight is 271 g/mol. The third-order valence-corrected chi connectivity index (χ3v) is 3.79. The number of likely N-dealkylation sites (tertiary alicyclic amines) is 1. The molecule has 1 saturated heterocycles. The van der Waals surface area contributed by atoms with Gasteiger partial charge in [-0.15, -0.1) is 0 Å². The molecule has 0 saturated carbocycles. The van der Waals surface area contributed by atoms with Gasteiger partial charge in [-0.25, -0.2) is 4.98 Å². The van der Waals surface area contributed by atoms with Crippen molar-refractivity contribution in [1.82, 2.24) is 9.88 Å². The van der Waals surface area contributed by atoms with Gasteiger partial charge in [0, 0.05) is 11.9 Å². The summed E-state index contributed by atoms with van der Waals surface area (Å²) in [6, 6.07) is 9.93. The topological polar surface area (TPSA) is 51.4 Å². The molecule has 3 rings (SSSR count). The standard InChI is InChI=1S/C16H21N3O/c17-16-15(12-13-6-1-2-7-14(13)18-16)20-11-5-10-19-8-3-4-9-19/h1-2,6-7,12H,3-5,8-11H2,(H2,17,18). The van der Waals surface area contributed by atoms with Crippen molar-refractivity contribution in [3.05, 3.63) is 30.3 Å². The first-order chi connectivity index (χ1) is 9.83. The van der Waals surface area contributed by atoms with Crippen molar-refractivity contribution in [2.24, 2.45) is 0 Å². The Balaban J connectivity index is 1.57. The first kappa shape index (κ1) is 13.2. The van der Waals surface area contributed by atoms with Gasteiger partial charge in [0.2, 0.25) is 0 Å². The van der Waals surface area contributed by atoms with E-state index in [2.05, 4.69) is 9.88 Å². The Hall–Kier alpha value is -1.81. The third-order valence-electron chi connectivity index (χ3n) is 3.79. The number of hydrogen-bond donors (Lipinski definition) is 1. The van der Waals surface area contributed by atoms with Gasteiger partial charge in [-0.1, -0.05) is 18.2 Å². The van der Waals surface area contributed by atoms with Gasteiger partial charge in [-0.3, -0.25) is 0 Å². The molecule has 0 bridgehead atoms. The van der Waals surface area contributed by atoms with Gasteiger partial charge in [0.05, 0.1) is 12.1 Å². The van der Waals surface area contributed by atoms with E-state index in [4.69, 9.17) is 10.5 Å². The maximum absolute atomic E-state index is 5.94. The Kier molecular flexibility index (Phi) is 4.02. The first-order valence-electron chi connectivity index (χ1n) is 7.33. The number of nitrogens with two attached hydrogens (primary N) is 1. The molecule has 4 nitrogen and oxygen atoms in total. The van der Waals surface area contributed by atoms with Crippen LogP contribution in [-0.4, -0.2) is 36.1 Å². The highest BCUT2D eigenvalue weighted by molar-refractivity contribution is 5.82. The van der Waals surface area contributed by atoms with Crippen LogP contribution in [0.15, 0.2) is 30.3 Å². The lowest BCUT2D eigenvalue weighted by molar-refractivity contribution is 0.264. The highest BCUT2D eigenvalue weighted by Crippen LogP contribution is 2.24. The summed E-state index contributed by atoms with van der Waals surface area (Å²) in [7, 11) is 0. The van der Waals surface area contributed by atoms with Gasteiger partial charge in [0.1, 0.15) is 0 Å². The molecule has 4 heteroatoms. The molecule has 0 amide bonds. The summed E-state index contributed by atoms with van der Waals surface area (Å²) in [5.74, 6) is 1.18. The van der Waals surface area contributed by atoms with Crippen LogP contribution < -0.4 is 10.5 Å². The molecule has 0 spiro atoms. The van der Waals surface area contributed by atoms with Gasteiger partial charge < -0.3 is 15.4 Å². The SMILES string of the molecule is Nc1nc2ccccc2cc1OCCCN1CCCC1. The molecule has 1 fully saturated rings. The zero-order chi connectivity index (χ0) is 13.8. The molecule has 0 aliphatic carbocycles. The molecule has 1 aliphatic rings. The normalized spacial score (nSPS) is 15.8. The van der Waals surface area contributed by atoms with Crippen LogP contribution in [0.3, 0.4) is 0 Å². The molecular weight excluding hydrogens is 250 g/mol. The Labute approximate surface area is 119 Å². The number of nitrogens with zero attached hydrogens (tertiary/aromatic N) is 2. The van der Waals surface area contributed by atoms with Gasteiger partial charge in [-0.05, 0) is 44.5 Å². The van der Waals surface area contributed by atoms with Crippen LogP contribution in [0.5, 0.6) is 5.75 Å². The Bertz CT molecular complexity index is 579. The number of pyridine rings is 1. The van der Waals surface area contributed by atoms with Crippen LogP contribution in [0.25, 0.3) is 10.9 Å². The zero-order valence-electron chi connectivity index (χ0n) is 11.7. The lowest BCUT2D eigenvalue weighted by Gasteiger charge is -2.15. The maximum atomic E-state index is 5.94. The van der Waals surface area contributed by atoms with Crippen LogP contribution >= 0.6 is 0 Å². The monoisotopic (exact) mass is 271 g/mol. The summed E-state index contributed by atoms with van der Waals surface area (Å²) in [5.41, 5.74) is 6.86. The number of para-hydroxylation sites is 1. The Morgan fingerprint density at radius 3 is 2.85 bits per heavy atom. The predicted molar refractivity (Wildman–Crippen MR) is 81.9 cm³/mol. The highest BCUT2D eigenvalue weighted by Gasteiger charge is 2.11. The van der Waals surface area contributed by atoms with Crippen molar-refractivity contribution in [2.45, 2.75) is 19.3 Å². The lowest BCUT2D eigenvalue weighted by atomic mass is 10.2. The molecular formula is C16H21N3O. The summed E-state index contributed by atoms with van der Waals surface area (Å²) in [5, 5.41) is 1.07. The van der Waals surface area contributed by atoms with Crippen molar-refractivity contribution in [2.75, 3.05) is 32.0 Å². The third kappa shape index (κ3) is 3.02. The summed E-state index contributed by atoms with van der Waals surface area (Å²) in [4.78, 5) is 6.87. The largest absolute Gasteiger partial charge is 0.490 e. The number of nitrogen functional groups attached to an aromatic ring is 1. The lowest BCUT2D eigenvalue weighted by Crippen LogP contribution is -2.22. The average Bonchev–Trinajstić information content (AvgIpc) is 2.97. The van der Waals surface area contributed by atoms with E-state index in [0.29, 0.717) is 18.2 Å². The maximum Gasteiger partial charge on any atom is 0.166 e. The first-order valence-corrected chi connectivity index (χ1v) is 7.33. The molecule has 0 radical (unpaired) electrons. The molecule has 2 aromatic rings. The van der Waals surface area contributed by atoms with E-state index in [1.165, 1.54) is 25.9 Å². The van der Waals surface area contributed by atoms with Crippen molar-refractivity contribution >= 4 is 16.7 Å². The second-order valence-corrected chi connectivity index (χ2v) is 5.32. The van der Waals surface area contributed by atoms with E-state index in [1.54, 1.807) is 0 Å². The van der Waals surface area contributed by atoms with Crippen LogP contribution in [0.2, 0.25) is 0 Å². The quantitative estimate of drug-likeness (QED) is 0.849. The van der Waals surface area contributed by atoms with Crippen molar-refractivity contribution < 1.29 is 4.74 Å². The molecule has 0 unspecified atom stereocenters. The van der Waals surface area contributed by atoms with Crippen LogP contribution in [0, 0.1) is 0 Å². The minimum Gasteiger partial charge on any atom is -0.490 e. The van der Waals surface area contributed by atoms with Gasteiger partial charge >= 0.3 is 0 Å². The summed E-state index contributed by atoms with van der Waals surface area (Å²) >= 11 is 0. The molecule has 1 aromatic carbocycles. The predicted octanol–water partition coefficient (Wildman–Crippen LogP) is 2.68. The van der Waals surface area contributed by atoms with Crippen LogP contribution in [-0.2, 0) is 0 Å². The number of fused-ring (bicyclic) bond motifs is 1. The van der Waals surface area contributed by atoms with Crippen LogP contribution in [0.1, 0.15) is 19.3 Å². The smallest absolute Gasteiger partial charge is 0.166 e. The fourth-order valence-corrected chi connectivity index (χ4v) is 2.70. The number of rotatable bonds is 5. The number of ether oxygens (including phenoxy) is 1. The molecule has 0 atom stereocenters. The Morgan fingerprint density at radius 1 is 1.20 bits per heavy atom. The van der Waals surface area contributed by atoms with Gasteiger partial charge in [0.15, 0.2) is 11.6 Å². The van der Waals surface area contributed by atoms with E-state index in [0.717, 1.165) is 23.9 Å². The number of hydrogen-bond acceptors (Lipinski definition) is 4. The number of anilines is 1. The van der Waals surface area contributed by atoms with Crippen molar-refractivity contribution in [3.8, 4) is 5.75 Å². The molecule has 20 heavy (non-hydrogen) atoms. The number of benzene rings is 1. The second-order valence-electron chi connectivity index (χ2n) is 5.32. The fourth-order valence-electron chi connectivity index (χ4n) is 2.70. The van der Waals surface area contributed by atoms with E-state index in [-0.39, 0.29) is 0 Å². The molecule has 106 valence electrons. The van der Waals surface area contributed by atoms with E-state index in [1.807, 2.05) is 30.3 Å². The second kappa shape index (κ2) is 6.09. The van der Waals surface area contributed by atoms with E-state index in [9.17, 15) is 0 Å². The Morgan fingerprint density at radius 2 is 2.00 bits per heavy atom. The van der Waals surface area contributed by atoms with Gasteiger partial charge in [-0.2, -0.15) is 0 Å². The minimum atomic E-state index is 0.477. The molecule has 2 N–H and O–H groups in total. The van der Waals surface area contributed by atoms with Gasteiger partial charge in [0.25, 0.3) is 0 Å². The van der Waals surface area contributed by atoms with Crippen molar-refractivity contribution in [1.29, 1.82) is 0 Å². The number of aromatic nitrogens is 1. The highest BCUT2D eigenvalue weighted by atomic mass is 16.5. The van der Waals surface area contributed by atoms with Crippen LogP contribution in [0.4, 0.5) is 5.82 Å². The van der Waals surface area contributed by atoms with E-state index >= 15 is 0 Å². The fraction of sp³-hybridized carbons (Fsp3) is 0.438. The molecule has 1 aromatic heterocycles. The molecule has 1 aliphatic heterocycles. The summed E-state index contributed by atoms with van der Waals surface area (Å²) in [6.07, 6.45) is 3.71. The summed E-state index contributed by atoms with van der Waals surface area (Å²) < 4.78 is 5.79. The van der Waals surface area contributed by atoms with Crippen molar-refractivity contribution in [3.63, 3.8) is 0 Å².